The number of fused-ring (bicyclic) bond motifs is 1. The Morgan fingerprint density at radius 3 is 2.62 bits per heavy atom. The van der Waals surface area contributed by atoms with E-state index in [-0.39, 0.29) is 17.0 Å². The van der Waals surface area contributed by atoms with E-state index in [2.05, 4.69) is 0 Å². The largest absolute Gasteiger partial charge is 0.207 e. The molecule has 0 radical (unpaired) electrons. The number of halogens is 4. The zero-order chi connectivity index (χ0) is 11.9. The van der Waals surface area contributed by atoms with Crippen molar-refractivity contribution in [3.8, 4) is 0 Å². The van der Waals surface area contributed by atoms with Crippen molar-refractivity contribution >= 4 is 11.6 Å². The van der Waals surface area contributed by atoms with Gasteiger partial charge in [0, 0.05) is 11.6 Å². The van der Waals surface area contributed by atoms with Crippen LogP contribution in [-0.2, 0) is 6.42 Å². The van der Waals surface area contributed by atoms with Crippen LogP contribution in [0.1, 0.15) is 36.3 Å². The Morgan fingerprint density at radius 2 is 1.94 bits per heavy atom. The Bertz CT molecular complexity index is 417. The molecule has 0 heterocycles. The van der Waals surface area contributed by atoms with E-state index < -0.39 is 22.8 Å². The molecule has 1 aliphatic rings. The van der Waals surface area contributed by atoms with Crippen LogP contribution in [0.2, 0.25) is 0 Å². The molecule has 0 nitrogen and oxygen atoms in total. The van der Waals surface area contributed by atoms with Gasteiger partial charge in [-0.1, -0.05) is 6.92 Å². The summed E-state index contributed by atoms with van der Waals surface area (Å²) in [6, 6.07) is 0.605. The summed E-state index contributed by atoms with van der Waals surface area (Å²) in [6.07, 6.45) is 1.72. The average molecular weight is 249 g/mol. The lowest BCUT2D eigenvalue weighted by atomic mass is 10.0. The van der Waals surface area contributed by atoms with Gasteiger partial charge in [0.25, 0.3) is 0 Å². The third-order valence-electron chi connectivity index (χ3n) is 3.12. The smallest absolute Gasteiger partial charge is 0.163 e. The van der Waals surface area contributed by atoms with Crippen molar-refractivity contribution in [3.63, 3.8) is 0 Å². The second-order valence-corrected chi connectivity index (χ2v) is 4.92. The van der Waals surface area contributed by atoms with Gasteiger partial charge < -0.3 is 0 Å². The molecule has 1 aromatic rings. The molecule has 1 aromatic carbocycles. The zero-order valence-corrected chi connectivity index (χ0v) is 9.62. The molecule has 0 aliphatic heterocycles. The average Bonchev–Trinajstić information content (AvgIpc) is 2.34. The maximum absolute atomic E-state index is 13.6. The molecule has 0 saturated heterocycles. The number of hydrogen-bond acceptors (Lipinski definition) is 0. The predicted molar refractivity (Wildman–Crippen MR) is 57.0 cm³/mol. The highest BCUT2D eigenvalue weighted by atomic mass is 35.5. The lowest BCUT2D eigenvalue weighted by molar-refractivity contribution is 0.475. The predicted octanol–water partition coefficient (Wildman–Crippen LogP) is 4.36. The van der Waals surface area contributed by atoms with Crippen molar-refractivity contribution in [3.05, 3.63) is 34.6 Å². The minimum Gasteiger partial charge on any atom is -0.207 e. The van der Waals surface area contributed by atoms with Crippen molar-refractivity contribution in [1.29, 1.82) is 0 Å². The molecule has 0 fully saturated rings. The summed E-state index contributed by atoms with van der Waals surface area (Å²) in [7, 11) is 0. The highest BCUT2D eigenvalue weighted by Gasteiger charge is 2.28. The van der Waals surface area contributed by atoms with Gasteiger partial charge in [0.15, 0.2) is 11.6 Å². The van der Waals surface area contributed by atoms with E-state index in [1.54, 1.807) is 0 Å². The first kappa shape index (κ1) is 11.8. The highest BCUT2D eigenvalue weighted by Crippen LogP contribution is 2.39. The first-order valence-corrected chi connectivity index (χ1v) is 5.74. The summed E-state index contributed by atoms with van der Waals surface area (Å²) in [5.74, 6) is -2.55. The number of rotatable bonds is 0. The van der Waals surface area contributed by atoms with Crippen LogP contribution in [0.4, 0.5) is 13.2 Å². The van der Waals surface area contributed by atoms with Crippen molar-refractivity contribution in [2.45, 2.75) is 31.6 Å². The normalized spacial score (nSPS) is 25.1. The van der Waals surface area contributed by atoms with E-state index in [1.165, 1.54) is 0 Å². The third-order valence-corrected chi connectivity index (χ3v) is 3.52. The number of benzene rings is 1. The van der Waals surface area contributed by atoms with E-state index in [0.29, 0.717) is 18.9 Å². The van der Waals surface area contributed by atoms with Gasteiger partial charge in [-0.15, -0.1) is 11.6 Å². The number of alkyl halides is 1. The molecule has 2 unspecified atom stereocenters. The summed E-state index contributed by atoms with van der Waals surface area (Å²) in [5.41, 5.74) is 0.256. The van der Waals surface area contributed by atoms with E-state index in [9.17, 15) is 13.2 Å². The molecule has 2 rings (SSSR count). The molecule has 16 heavy (non-hydrogen) atoms. The second kappa shape index (κ2) is 4.28. The molecule has 1 aliphatic carbocycles. The third kappa shape index (κ3) is 1.93. The number of hydrogen-bond donors (Lipinski definition) is 0. The van der Waals surface area contributed by atoms with Gasteiger partial charge in [-0.25, -0.2) is 13.2 Å². The molecular weight excluding hydrogens is 237 g/mol. The first-order valence-electron chi connectivity index (χ1n) is 5.31. The van der Waals surface area contributed by atoms with Gasteiger partial charge in [0.1, 0.15) is 5.82 Å². The Hall–Kier alpha value is -0.700. The van der Waals surface area contributed by atoms with E-state index in [4.69, 9.17) is 11.6 Å². The second-order valence-electron chi connectivity index (χ2n) is 4.39. The fourth-order valence-corrected chi connectivity index (χ4v) is 2.74. The minimum absolute atomic E-state index is 0.0171. The van der Waals surface area contributed by atoms with Gasteiger partial charge in [0.05, 0.1) is 5.38 Å². The summed E-state index contributed by atoms with van der Waals surface area (Å²) in [4.78, 5) is 0. The van der Waals surface area contributed by atoms with Crippen molar-refractivity contribution in [1.82, 2.24) is 0 Å². The lowest BCUT2D eigenvalue weighted by Crippen LogP contribution is -2.04. The molecule has 0 bridgehead atoms. The van der Waals surface area contributed by atoms with Crippen LogP contribution in [0.25, 0.3) is 0 Å². The monoisotopic (exact) mass is 248 g/mol. The standard InChI is InChI=1S/C12H12ClF3/c1-6-2-3-7-9(14)5-10(15)12(16)11(7)8(13)4-6/h5-6,8H,2-4H2,1H3. The van der Waals surface area contributed by atoms with Crippen LogP contribution in [0.15, 0.2) is 6.07 Å². The molecule has 0 saturated carbocycles. The minimum atomic E-state index is -1.16. The van der Waals surface area contributed by atoms with Gasteiger partial charge in [-0.05, 0) is 30.7 Å². The van der Waals surface area contributed by atoms with Crippen LogP contribution in [-0.4, -0.2) is 0 Å². The Balaban J connectivity index is 2.59. The summed E-state index contributed by atoms with van der Waals surface area (Å²) in [6.45, 7) is 1.98. The molecule has 0 aromatic heterocycles. The molecule has 0 amide bonds. The summed E-state index contributed by atoms with van der Waals surface area (Å²) >= 11 is 6.02. The van der Waals surface area contributed by atoms with Crippen LogP contribution in [0, 0.1) is 23.4 Å². The van der Waals surface area contributed by atoms with Gasteiger partial charge in [-0.2, -0.15) is 0 Å². The SMILES string of the molecule is CC1CCc2c(F)cc(F)c(F)c2C(Cl)C1. The molecule has 88 valence electrons. The Labute approximate surface area is 97.4 Å². The fourth-order valence-electron chi connectivity index (χ4n) is 2.21. The zero-order valence-electron chi connectivity index (χ0n) is 8.87. The van der Waals surface area contributed by atoms with Crippen molar-refractivity contribution in [2.75, 3.05) is 0 Å². The first-order chi connectivity index (χ1) is 7.50. The van der Waals surface area contributed by atoms with Crippen molar-refractivity contribution in [2.24, 2.45) is 5.92 Å². The molecule has 4 heteroatoms. The fraction of sp³-hybridized carbons (Fsp3) is 0.500. The summed E-state index contributed by atoms with van der Waals surface area (Å²) < 4.78 is 40.2. The van der Waals surface area contributed by atoms with Crippen molar-refractivity contribution < 1.29 is 13.2 Å². The van der Waals surface area contributed by atoms with Crippen LogP contribution in [0.3, 0.4) is 0 Å². The van der Waals surface area contributed by atoms with Gasteiger partial charge >= 0.3 is 0 Å². The lowest BCUT2D eigenvalue weighted by Gasteiger charge is -2.14. The van der Waals surface area contributed by atoms with Gasteiger partial charge in [-0.3, -0.25) is 0 Å². The topological polar surface area (TPSA) is 0 Å². The highest BCUT2D eigenvalue weighted by molar-refractivity contribution is 6.21. The van der Waals surface area contributed by atoms with Crippen LogP contribution in [0.5, 0.6) is 0 Å². The quantitative estimate of drug-likeness (QED) is 0.364. The molecular formula is C12H12ClF3. The maximum Gasteiger partial charge on any atom is 0.163 e. The Morgan fingerprint density at radius 1 is 1.25 bits per heavy atom. The van der Waals surface area contributed by atoms with E-state index in [1.807, 2.05) is 6.92 Å². The summed E-state index contributed by atoms with van der Waals surface area (Å²) in [5, 5.41) is -0.641. The van der Waals surface area contributed by atoms with Gasteiger partial charge in [0.2, 0.25) is 0 Å². The van der Waals surface area contributed by atoms with Crippen LogP contribution >= 0.6 is 11.6 Å². The maximum atomic E-state index is 13.6. The Kier molecular flexibility index (Phi) is 3.15. The van der Waals surface area contributed by atoms with E-state index >= 15 is 0 Å². The molecule has 0 N–H and O–H groups in total. The van der Waals surface area contributed by atoms with Crippen LogP contribution < -0.4 is 0 Å². The molecule has 0 spiro atoms. The van der Waals surface area contributed by atoms with E-state index in [0.717, 1.165) is 6.42 Å². The molecule has 2 atom stereocenters.